The Bertz CT molecular complexity index is 1100. The van der Waals surface area contributed by atoms with E-state index in [0.29, 0.717) is 32.0 Å². The van der Waals surface area contributed by atoms with Crippen LogP contribution in [0.1, 0.15) is 5.56 Å². The molecule has 0 atom stereocenters. The molecule has 1 aromatic heterocycles. The SMILES string of the molecule is O=C(N/N=C/c1cn(CC(=O)N2CCOCC2)c2ccccc12)Nc1ccc(F)cc1. The Kier molecular flexibility index (Phi) is 6.23. The number of fused-ring (bicyclic) bond motifs is 1. The average Bonchev–Trinajstić information content (AvgIpc) is 3.13. The van der Waals surface area contributed by atoms with Crippen LogP contribution in [0.3, 0.4) is 0 Å². The molecular weight excluding hydrogens is 401 g/mol. The third kappa shape index (κ3) is 5.07. The van der Waals surface area contributed by atoms with Crippen LogP contribution in [0.5, 0.6) is 0 Å². The highest BCUT2D eigenvalue weighted by atomic mass is 19.1. The smallest absolute Gasteiger partial charge is 0.339 e. The van der Waals surface area contributed by atoms with Crippen LogP contribution in [0.25, 0.3) is 10.9 Å². The summed E-state index contributed by atoms with van der Waals surface area (Å²) in [4.78, 5) is 26.4. The Labute approximate surface area is 178 Å². The van der Waals surface area contributed by atoms with E-state index in [4.69, 9.17) is 4.74 Å². The van der Waals surface area contributed by atoms with Crippen molar-refractivity contribution in [1.29, 1.82) is 0 Å². The minimum Gasteiger partial charge on any atom is -0.378 e. The van der Waals surface area contributed by atoms with Gasteiger partial charge in [-0.05, 0) is 30.3 Å². The van der Waals surface area contributed by atoms with E-state index >= 15 is 0 Å². The number of morpholine rings is 1. The Morgan fingerprint density at radius 1 is 1.10 bits per heavy atom. The summed E-state index contributed by atoms with van der Waals surface area (Å²) in [6, 6.07) is 12.6. The van der Waals surface area contributed by atoms with Crippen LogP contribution in [0, 0.1) is 5.82 Å². The number of benzene rings is 2. The van der Waals surface area contributed by atoms with Gasteiger partial charge in [0.1, 0.15) is 12.4 Å². The predicted octanol–water partition coefficient (Wildman–Crippen LogP) is 2.79. The van der Waals surface area contributed by atoms with E-state index in [1.54, 1.807) is 4.90 Å². The van der Waals surface area contributed by atoms with E-state index in [-0.39, 0.29) is 18.3 Å². The van der Waals surface area contributed by atoms with Gasteiger partial charge in [0.2, 0.25) is 5.91 Å². The maximum Gasteiger partial charge on any atom is 0.339 e. The van der Waals surface area contributed by atoms with Gasteiger partial charge in [-0.3, -0.25) is 4.79 Å². The zero-order valence-corrected chi connectivity index (χ0v) is 16.8. The topological polar surface area (TPSA) is 88.0 Å². The summed E-state index contributed by atoms with van der Waals surface area (Å²) in [7, 11) is 0. The van der Waals surface area contributed by atoms with Gasteiger partial charge in [0.05, 0.1) is 19.4 Å². The Hall–Kier alpha value is -3.72. The molecule has 3 aromatic rings. The van der Waals surface area contributed by atoms with Crippen LogP contribution in [-0.4, -0.2) is 53.9 Å². The van der Waals surface area contributed by atoms with Crippen molar-refractivity contribution in [2.24, 2.45) is 5.10 Å². The summed E-state index contributed by atoms with van der Waals surface area (Å²) >= 11 is 0. The van der Waals surface area contributed by atoms with Crippen LogP contribution in [0.2, 0.25) is 0 Å². The summed E-state index contributed by atoms with van der Waals surface area (Å²) in [5.41, 5.74) is 4.51. The molecule has 1 aliphatic rings. The quantitative estimate of drug-likeness (QED) is 0.489. The number of carbonyl (C=O) groups excluding carboxylic acids is 2. The number of hydrogen-bond acceptors (Lipinski definition) is 4. The van der Waals surface area contributed by atoms with Gasteiger partial charge in [-0.1, -0.05) is 18.2 Å². The zero-order valence-electron chi connectivity index (χ0n) is 16.8. The fraction of sp³-hybridized carbons (Fsp3) is 0.227. The molecule has 0 aliphatic carbocycles. The highest BCUT2D eigenvalue weighted by molar-refractivity contribution is 6.00. The van der Waals surface area contributed by atoms with Crippen LogP contribution >= 0.6 is 0 Å². The number of carbonyl (C=O) groups is 2. The number of nitrogens with zero attached hydrogens (tertiary/aromatic N) is 3. The minimum atomic E-state index is -0.547. The molecule has 1 fully saturated rings. The molecule has 0 bridgehead atoms. The van der Waals surface area contributed by atoms with E-state index in [2.05, 4.69) is 15.8 Å². The third-order valence-corrected chi connectivity index (χ3v) is 4.96. The number of amides is 3. The number of ether oxygens (including phenoxy) is 1. The number of rotatable bonds is 5. The molecule has 160 valence electrons. The Morgan fingerprint density at radius 2 is 1.84 bits per heavy atom. The maximum atomic E-state index is 12.9. The number of aromatic nitrogens is 1. The standard InChI is InChI=1S/C22H22FN5O3/c23-17-5-7-18(8-6-17)25-22(30)26-24-13-16-14-28(20-4-2-1-3-19(16)20)15-21(29)27-9-11-31-12-10-27/h1-8,13-14H,9-12,15H2,(H2,25,26,30)/b24-13+. The molecule has 2 N–H and O–H groups in total. The van der Waals surface area contributed by atoms with Gasteiger partial charge in [0, 0.05) is 41.4 Å². The Morgan fingerprint density at radius 3 is 2.61 bits per heavy atom. The number of hydrazone groups is 1. The number of para-hydroxylation sites is 1. The second-order valence-corrected chi connectivity index (χ2v) is 7.05. The molecule has 0 radical (unpaired) electrons. The van der Waals surface area contributed by atoms with Crippen molar-refractivity contribution < 1.29 is 18.7 Å². The van der Waals surface area contributed by atoms with Gasteiger partial charge in [-0.25, -0.2) is 14.6 Å². The number of halogens is 1. The second-order valence-electron chi connectivity index (χ2n) is 7.05. The molecule has 8 nitrogen and oxygen atoms in total. The van der Waals surface area contributed by atoms with Crippen molar-refractivity contribution in [2.45, 2.75) is 6.54 Å². The van der Waals surface area contributed by atoms with Crippen molar-refractivity contribution in [3.05, 3.63) is 66.1 Å². The van der Waals surface area contributed by atoms with Crippen molar-refractivity contribution in [2.75, 3.05) is 31.6 Å². The van der Waals surface area contributed by atoms with Crippen molar-refractivity contribution in [3.63, 3.8) is 0 Å². The van der Waals surface area contributed by atoms with Gasteiger partial charge >= 0.3 is 6.03 Å². The van der Waals surface area contributed by atoms with Crippen molar-refractivity contribution in [1.82, 2.24) is 14.9 Å². The second kappa shape index (κ2) is 9.40. The highest BCUT2D eigenvalue weighted by Crippen LogP contribution is 2.20. The highest BCUT2D eigenvalue weighted by Gasteiger charge is 2.18. The molecule has 9 heteroatoms. The monoisotopic (exact) mass is 423 g/mol. The molecule has 1 aliphatic heterocycles. The first-order valence-corrected chi connectivity index (χ1v) is 9.89. The summed E-state index contributed by atoms with van der Waals surface area (Å²) in [5, 5.41) is 7.48. The fourth-order valence-electron chi connectivity index (χ4n) is 3.42. The average molecular weight is 423 g/mol. The van der Waals surface area contributed by atoms with Crippen LogP contribution in [0.4, 0.5) is 14.9 Å². The molecule has 0 unspecified atom stereocenters. The number of nitrogens with one attached hydrogen (secondary N) is 2. The maximum absolute atomic E-state index is 12.9. The molecule has 0 spiro atoms. The molecule has 2 aromatic carbocycles. The predicted molar refractivity (Wildman–Crippen MR) is 115 cm³/mol. The first kappa shape index (κ1) is 20.5. The number of urea groups is 1. The van der Waals surface area contributed by atoms with E-state index in [1.807, 2.05) is 35.0 Å². The minimum absolute atomic E-state index is 0.0318. The lowest BCUT2D eigenvalue weighted by atomic mass is 10.2. The molecule has 0 saturated carbocycles. The van der Waals surface area contributed by atoms with E-state index in [9.17, 15) is 14.0 Å². The molecule has 31 heavy (non-hydrogen) atoms. The summed E-state index contributed by atoms with van der Waals surface area (Å²) in [6.07, 6.45) is 3.37. The lowest BCUT2D eigenvalue weighted by molar-refractivity contribution is -0.135. The molecule has 4 rings (SSSR count). The normalized spacial score (nSPS) is 14.2. The first-order chi connectivity index (χ1) is 15.1. The molecule has 1 saturated heterocycles. The first-order valence-electron chi connectivity index (χ1n) is 9.89. The lowest BCUT2D eigenvalue weighted by Crippen LogP contribution is -2.42. The van der Waals surface area contributed by atoms with E-state index in [1.165, 1.54) is 30.5 Å². The number of anilines is 1. The van der Waals surface area contributed by atoms with Gasteiger partial charge < -0.3 is 19.5 Å². The largest absolute Gasteiger partial charge is 0.378 e. The summed E-state index contributed by atoms with van der Waals surface area (Å²) in [6.45, 7) is 2.52. The van der Waals surface area contributed by atoms with Gasteiger partial charge in [-0.2, -0.15) is 5.10 Å². The van der Waals surface area contributed by atoms with Crippen LogP contribution in [-0.2, 0) is 16.1 Å². The van der Waals surface area contributed by atoms with E-state index in [0.717, 1.165) is 16.5 Å². The molecular formula is C22H22FN5O3. The van der Waals surface area contributed by atoms with Gasteiger partial charge in [0.15, 0.2) is 0 Å². The number of hydrogen-bond donors (Lipinski definition) is 2. The van der Waals surface area contributed by atoms with Gasteiger partial charge in [0.25, 0.3) is 0 Å². The Balaban J connectivity index is 1.44. The van der Waals surface area contributed by atoms with Crippen molar-refractivity contribution >= 4 is 34.7 Å². The fourth-order valence-corrected chi connectivity index (χ4v) is 3.42. The molecule has 3 amide bonds. The van der Waals surface area contributed by atoms with Crippen molar-refractivity contribution in [3.8, 4) is 0 Å². The van der Waals surface area contributed by atoms with Gasteiger partial charge in [-0.15, -0.1) is 0 Å². The van der Waals surface area contributed by atoms with Crippen LogP contribution < -0.4 is 10.7 Å². The zero-order chi connectivity index (χ0) is 21.6. The molecule has 2 heterocycles. The summed E-state index contributed by atoms with van der Waals surface area (Å²) in [5.74, 6) is -0.350. The summed E-state index contributed by atoms with van der Waals surface area (Å²) < 4.78 is 20.1. The lowest BCUT2D eigenvalue weighted by Gasteiger charge is -2.27. The van der Waals surface area contributed by atoms with E-state index < -0.39 is 6.03 Å². The third-order valence-electron chi connectivity index (χ3n) is 4.96. The van der Waals surface area contributed by atoms with Crippen LogP contribution in [0.15, 0.2) is 59.8 Å².